The lowest BCUT2D eigenvalue weighted by Crippen LogP contribution is -2.54. The summed E-state index contributed by atoms with van der Waals surface area (Å²) in [4.78, 5) is 32.6. The Hall–Kier alpha value is -3.44. The molecular weight excluding hydrogens is 851 g/mol. The highest BCUT2D eigenvalue weighted by Crippen LogP contribution is 2.48. The number of aliphatic hydroxyl groups excluding tert-OH is 1. The van der Waals surface area contributed by atoms with Crippen LogP contribution < -0.4 is 0 Å². The summed E-state index contributed by atoms with van der Waals surface area (Å²) >= 11 is 12.7. The number of hydrogen-bond acceptors (Lipinski definition) is 7. The third kappa shape index (κ3) is 10.2. The van der Waals surface area contributed by atoms with Crippen molar-refractivity contribution in [3.8, 4) is 0 Å². The Labute approximate surface area is 360 Å². The van der Waals surface area contributed by atoms with Crippen LogP contribution in [0.2, 0.25) is 10.0 Å². The second kappa shape index (κ2) is 18.7. The van der Waals surface area contributed by atoms with E-state index in [0.29, 0.717) is 82.4 Å². The second-order valence-corrected chi connectivity index (χ2v) is 17.3. The zero-order valence-corrected chi connectivity index (χ0v) is 35.0. The molecule has 17 heteroatoms. The number of piperidine rings is 2. The van der Waals surface area contributed by atoms with Crippen molar-refractivity contribution in [2.75, 3.05) is 78.8 Å². The molecule has 332 valence electrons. The van der Waals surface area contributed by atoms with Crippen LogP contribution in [0.5, 0.6) is 0 Å². The molecule has 3 aromatic carbocycles. The quantitative estimate of drug-likeness (QED) is 0.146. The lowest BCUT2D eigenvalue weighted by Gasteiger charge is -2.46. The van der Waals surface area contributed by atoms with Crippen LogP contribution in [0, 0.1) is 5.92 Å². The molecule has 3 saturated heterocycles. The monoisotopic (exact) mass is 899 g/mol. The Bertz CT molecular complexity index is 2010. The molecule has 1 spiro atoms. The molecule has 0 aromatic heterocycles. The van der Waals surface area contributed by atoms with Gasteiger partial charge in [0.15, 0.2) is 0 Å². The number of nitrogens with zero attached hydrogens (tertiary/aromatic N) is 3. The summed E-state index contributed by atoms with van der Waals surface area (Å²) in [7, 11) is 0. The molecule has 0 radical (unpaired) electrons. The minimum Gasteiger partial charge on any atom is -0.394 e. The first-order valence-electron chi connectivity index (χ1n) is 20.6. The highest BCUT2D eigenvalue weighted by molar-refractivity contribution is 6.42. The van der Waals surface area contributed by atoms with Crippen molar-refractivity contribution in [2.24, 2.45) is 5.92 Å². The maximum absolute atomic E-state index is 13.9. The maximum atomic E-state index is 13.9. The third-order valence-electron chi connectivity index (χ3n) is 12.9. The van der Waals surface area contributed by atoms with E-state index in [4.69, 9.17) is 42.5 Å². The van der Waals surface area contributed by atoms with Crippen molar-refractivity contribution in [3.05, 3.63) is 104 Å². The highest BCUT2D eigenvalue weighted by atomic mass is 35.5. The van der Waals surface area contributed by atoms with Gasteiger partial charge in [0.1, 0.15) is 12.2 Å². The molecule has 0 bridgehead atoms. The molecule has 3 aliphatic heterocycles. The van der Waals surface area contributed by atoms with Gasteiger partial charge in [-0.05, 0) is 105 Å². The number of rotatable bonds is 12. The van der Waals surface area contributed by atoms with E-state index in [1.165, 1.54) is 16.0 Å². The number of alkyl halides is 6. The number of likely N-dealkylation sites (tertiary alicyclic amines) is 2. The van der Waals surface area contributed by atoms with Gasteiger partial charge in [0, 0.05) is 43.8 Å². The van der Waals surface area contributed by atoms with E-state index in [0.717, 1.165) is 25.7 Å². The molecule has 2 amide bonds. The Balaban J connectivity index is 1.04. The number of benzene rings is 3. The van der Waals surface area contributed by atoms with Gasteiger partial charge in [0.2, 0.25) is 5.91 Å². The Morgan fingerprint density at radius 1 is 0.852 bits per heavy atom. The number of amides is 2. The zero-order chi connectivity index (χ0) is 43.6. The van der Waals surface area contributed by atoms with E-state index in [9.17, 15) is 35.9 Å². The predicted octanol–water partition coefficient (Wildman–Crippen LogP) is 8.01. The lowest BCUT2D eigenvalue weighted by molar-refractivity contribution is -0.143. The number of morpholine rings is 1. The van der Waals surface area contributed by atoms with Crippen molar-refractivity contribution >= 4 is 35.0 Å². The van der Waals surface area contributed by atoms with Crippen LogP contribution in [-0.4, -0.2) is 117 Å². The number of aliphatic hydroxyl groups is 1. The van der Waals surface area contributed by atoms with Gasteiger partial charge in [0.05, 0.1) is 53.6 Å². The van der Waals surface area contributed by atoms with Gasteiger partial charge >= 0.3 is 12.4 Å². The second-order valence-electron chi connectivity index (χ2n) is 16.5. The SMILES string of the molecule is O=C(CO[C@H]1Cc2ccccc2C12CCN(CC[C@@]1(c3ccc(Cl)c(Cl)c3)CN(C(=O)c3cc(C(F)(F)F)cc(C(F)(F)F)c3)CCO1)CC2)N1CCC(COCCO)CC1. The number of fused-ring (bicyclic) bond motifs is 2. The summed E-state index contributed by atoms with van der Waals surface area (Å²) in [6.45, 7) is 3.64. The van der Waals surface area contributed by atoms with Gasteiger partial charge in [-0.15, -0.1) is 0 Å². The average molecular weight is 901 g/mol. The topological polar surface area (TPSA) is 91.8 Å². The number of halogens is 8. The molecule has 7 rings (SSSR count). The van der Waals surface area contributed by atoms with Crippen LogP contribution in [0.15, 0.2) is 60.7 Å². The maximum Gasteiger partial charge on any atom is 0.416 e. The normalized spacial score (nSPS) is 22.5. The largest absolute Gasteiger partial charge is 0.416 e. The molecule has 3 fully saturated rings. The van der Waals surface area contributed by atoms with Crippen LogP contribution >= 0.6 is 23.2 Å². The van der Waals surface area contributed by atoms with Gasteiger partial charge < -0.3 is 34.0 Å². The molecule has 3 aromatic rings. The Kier molecular flexibility index (Phi) is 14.0. The summed E-state index contributed by atoms with van der Waals surface area (Å²) in [5.41, 5.74) is -2.44. The predicted molar refractivity (Wildman–Crippen MR) is 216 cm³/mol. The minimum absolute atomic E-state index is 0.00121. The summed E-state index contributed by atoms with van der Waals surface area (Å²) in [5.74, 6) is -0.680. The van der Waals surface area contributed by atoms with E-state index >= 15 is 0 Å². The average Bonchev–Trinajstić information content (AvgIpc) is 3.54. The van der Waals surface area contributed by atoms with Crippen molar-refractivity contribution in [1.82, 2.24) is 14.7 Å². The van der Waals surface area contributed by atoms with Crippen LogP contribution in [0.25, 0.3) is 0 Å². The summed E-state index contributed by atoms with van der Waals surface area (Å²) < 4.78 is 101. The Morgan fingerprint density at radius 2 is 1.54 bits per heavy atom. The molecule has 1 N–H and O–H groups in total. The van der Waals surface area contributed by atoms with E-state index in [2.05, 4.69) is 17.0 Å². The Morgan fingerprint density at radius 3 is 2.20 bits per heavy atom. The van der Waals surface area contributed by atoms with Gasteiger partial charge in [0.25, 0.3) is 5.91 Å². The van der Waals surface area contributed by atoms with Gasteiger partial charge in [-0.3, -0.25) is 9.59 Å². The fourth-order valence-electron chi connectivity index (χ4n) is 9.47. The van der Waals surface area contributed by atoms with E-state index in [-0.39, 0.29) is 66.4 Å². The van der Waals surface area contributed by atoms with E-state index in [1.54, 1.807) is 18.2 Å². The van der Waals surface area contributed by atoms with Crippen molar-refractivity contribution in [2.45, 2.75) is 68.0 Å². The number of carbonyl (C=O) groups is 2. The van der Waals surface area contributed by atoms with Crippen molar-refractivity contribution in [3.63, 3.8) is 0 Å². The van der Waals surface area contributed by atoms with Crippen LogP contribution in [0.3, 0.4) is 0 Å². The molecule has 3 heterocycles. The molecule has 4 aliphatic rings. The highest BCUT2D eigenvalue weighted by Gasteiger charge is 2.50. The third-order valence-corrected chi connectivity index (χ3v) is 13.6. The van der Waals surface area contributed by atoms with E-state index in [1.807, 2.05) is 17.0 Å². The van der Waals surface area contributed by atoms with Crippen LogP contribution in [0.4, 0.5) is 26.3 Å². The molecule has 0 saturated carbocycles. The number of ether oxygens (including phenoxy) is 3. The fourth-order valence-corrected chi connectivity index (χ4v) is 9.77. The smallest absolute Gasteiger partial charge is 0.394 e. The molecule has 1 aliphatic carbocycles. The van der Waals surface area contributed by atoms with Gasteiger partial charge in [-0.25, -0.2) is 0 Å². The molecule has 2 atom stereocenters. The summed E-state index contributed by atoms with van der Waals surface area (Å²) in [6, 6.07) is 14.1. The fraction of sp³-hybridized carbons (Fsp3) is 0.545. The van der Waals surface area contributed by atoms with Crippen molar-refractivity contribution < 1.29 is 55.2 Å². The van der Waals surface area contributed by atoms with Crippen LogP contribution in [0.1, 0.15) is 70.3 Å². The standard InChI is InChI=1S/C44H49Cl2F6N3O6/c45-36-6-5-32(25-37(36)46)42(28-55(17-19-61-42)40(58)31-21-33(43(47,48)49)24-34(22-31)44(50,51)52)11-16-53-14-9-41(10-15-53)35-4-2-1-3-30(35)23-38(41)60-27-39(57)54-12-7-29(8-13-54)26-59-20-18-56/h1-6,21-22,24-25,29,38,56H,7-20,23,26-28H2/t38-,42-/m0/s1. The van der Waals surface area contributed by atoms with Crippen molar-refractivity contribution in [1.29, 1.82) is 0 Å². The first-order chi connectivity index (χ1) is 29.0. The molecule has 9 nitrogen and oxygen atoms in total. The number of hydrogen-bond donors (Lipinski definition) is 1. The van der Waals surface area contributed by atoms with Gasteiger partial charge in [-0.1, -0.05) is 53.5 Å². The first-order valence-corrected chi connectivity index (χ1v) is 21.3. The number of carbonyl (C=O) groups excluding carboxylic acids is 2. The first kappa shape index (κ1) is 45.6. The molecular formula is C44H49Cl2F6N3O6. The summed E-state index contributed by atoms with van der Waals surface area (Å²) in [5, 5.41) is 9.49. The molecule has 0 unspecified atom stereocenters. The lowest BCUT2D eigenvalue weighted by atomic mass is 9.72. The molecule has 61 heavy (non-hydrogen) atoms. The van der Waals surface area contributed by atoms with Gasteiger partial charge in [-0.2, -0.15) is 26.3 Å². The van der Waals surface area contributed by atoms with E-state index < -0.39 is 40.6 Å². The zero-order valence-electron chi connectivity index (χ0n) is 33.5. The minimum atomic E-state index is -5.11. The van der Waals surface area contributed by atoms with Crippen LogP contribution in [-0.2, 0) is 48.8 Å². The summed E-state index contributed by atoms with van der Waals surface area (Å²) in [6.07, 6.45) is -6.30.